The summed E-state index contributed by atoms with van der Waals surface area (Å²) in [6.45, 7) is 10.2. The van der Waals surface area contributed by atoms with Crippen LogP contribution in [0.2, 0.25) is 0 Å². The second-order valence-corrected chi connectivity index (χ2v) is 9.08. The van der Waals surface area contributed by atoms with E-state index in [0.717, 1.165) is 70.5 Å². The molecular formula is C25H43IN4O2. The molecular weight excluding hydrogens is 515 g/mol. The van der Waals surface area contributed by atoms with Crippen molar-refractivity contribution in [1.82, 2.24) is 15.1 Å². The van der Waals surface area contributed by atoms with Crippen molar-refractivity contribution in [2.45, 2.75) is 58.2 Å². The van der Waals surface area contributed by atoms with Crippen LogP contribution in [0.4, 0.5) is 0 Å². The standard InChI is InChI=1S/C25H42N4O2.HI/c1-21-8-12-28(13-9-21)20-23-7-4-6-22(18-23)19-27-25(26-2)29-14-10-24(11-15-29)31-17-5-16-30-3;/h4,6-7,18,21,24H,5,8-17,19-20H2,1-3H3,(H,26,27);1H. The zero-order valence-electron chi connectivity index (χ0n) is 20.2. The zero-order chi connectivity index (χ0) is 21.9. The molecule has 2 heterocycles. The number of halogens is 1. The van der Waals surface area contributed by atoms with Crippen LogP contribution < -0.4 is 5.32 Å². The summed E-state index contributed by atoms with van der Waals surface area (Å²) in [5.41, 5.74) is 2.73. The first kappa shape index (κ1) is 27.3. The van der Waals surface area contributed by atoms with Crippen molar-refractivity contribution in [1.29, 1.82) is 0 Å². The lowest BCUT2D eigenvalue weighted by Gasteiger charge is -2.34. The second-order valence-electron chi connectivity index (χ2n) is 9.08. The first-order chi connectivity index (χ1) is 15.2. The van der Waals surface area contributed by atoms with E-state index in [0.29, 0.717) is 6.10 Å². The number of likely N-dealkylation sites (tertiary alicyclic amines) is 2. The van der Waals surface area contributed by atoms with E-state index < -0.39 is 0 Å². The Balaban J connectivity index is 0.00000363. The molecule has 0 unspecified atom stereocenters. The molecule has 1 aromatic rings. The number of methoxy groups -OCH3 is 1. The van der Waals surface area contributed by atoms with Gasteiger partial charge in [0.1, 0.15) is 0 Å². The summed E-state index contributed by atoms with van der Waals surface area (Å²) < 4.78 is 11.1. The molecule has 0 spiro atoms. The van der Waals surface area contributed by atoms with Crippen LogP contribution in [0, 0.1) is 5.92 Å². The quantitative estimate of drug-likeness (QED) is 0.214. The molecule has 2 fully saturated rings. The van der Waals surface area contributed by atoms with Crippen molar-refractivity contribution in [3.63, 3.8) is 0 Å². The van der Waals surface area contributed by atoms with Crippen LogP contribution >= 0.6 is 24.0 Å². The Labute approximate surface area is 212 Å². The van der Waals surface area contributed by atoms with Crippen molar-refractivity contribution >= 4 is 29.9 Å². The lowest BCUT2D eigenvalue weighted by atomic mass is 9.98. The van der Waals surface area contributed by atoms with Gasteiger partial charge in [0.2, 0.25) is 0 Å². The Morgan fingerprint density at radius 1 is 1.06 bits per heavy atom. The number of aliphatic imine (C=N–C) groups is 1. The van der Waals surface area contributed by atoms with Gasteiger partial charge in [-0.15, -0.1) is 24.0 Å². The topological polar surface area (TPSA) is 49.3 Å². The highest BCUT2D eigenvalue weighted by atomic mass is 127. The highest BCUT2D eigenvalue weighted by Gasteiger charge is 2.22. The third kappa shape index (κ3) is 9.15. The molecule has 6 nitrogen and oxygen atoms in total. The molecule has 0 saturated carbocycles. The Morgan fingerprint density at radius 2 is 1.78 bits per heavy atom. The average molecular weight is 559 g/mol. The summed E-state index contributed by atoms with van der Waals surface area (Å²) >= 11 is 0. The molecule has 7 heteroatoms. The first-order valence-corrected chi connectivity index (χ1v) is 12.0. The number of benzene rings is 1. The minimum atomic E-state index is 0. The molecule has 0 amide bonds. The molecule has 3 rings (SSSR count). The van der Waals surface area contributed by atoms with Crippen LogP contribution in [0.15, 0.2) is 29.3 Å². The van der Waals surface area contributed by atoms with Gasteiger partial charge >= 0.3 is 0 Å². The van der Waals surface area contributed by atoms with Gasteiger partial charge in [0.05, 0.1) is 6.10 Å². The van der Waals surface area contributed by atoms with E-state index in [2.05, 4.69) is 51.3 Å². The van der Waals surface area contributed by atoms with E-state index in [1.54, 1.807) is 7.11 Å². The van der Waals surface area contributed by atoms with Crippen molar-refractivity contribution in [2.24, 2.45) is 10.9 Å². The number of rotatable bonds is 9. The van der Waals surface area contributed by atoms with Gasteiger partial charge in [-0.1, -0.05) is 31.2 Å². The lowest BCUT2D eigenvalue weighted by Crippen LogP contribution is -2.46. The summed E-state index contributed by atoms with van der Waals surface area (Å²) in [5.74, 6) is 1.87. The highest BCUT2D eigenvalue weighted by Crippen LogP contribution is 2.19. The number of nitrogens with zero attached hydrogens (tertiary/aromatic N) is 3. The Hall–Kier alpha value is -0.900. The van der Waals surface area contributed by atoms with Crippen molar-refractivity contribution in [3.8, 4) is 0 Å². The van der Waals surface area contributed by atoms with Crippen molar-refractivity contribution in [3.05, 3.63) is 35.4 Å². The molecule has 2 saturated heterocycles. The third-order valence-corrected chi connectivity index (χ3v) is 6.52. The number of guanidine groups is 1. The normalized spacial score (nSPS) is 19.1. The zero-order valence-corrected chi connectivity index (χ0v) is 22.6. The second kappa shape index (κ2) is 15.1. The van der Waals surface area contributed by atoms with Gasteiger partial charge in [0, 0.05) is 53.6 Å². The maximum Gasteiger partial charge on any atom is 0.193 e. The van der Waals surface area contributed by atoms with Gasteiger partial charge in [0.25, 0.3) is 0 Å². The number of ether oxygens (including phenoxy) is 2. The Kier molecular flexibility index (Phi) is 12.9. The van der Waals surface area contributed by atoms with E-state index in [1.807, 2.05) is 7.05 Å². The summed E-state index contributed by atoms with van der Waals surface area (Å²) in [4.78, 5) is 9.47. The van der Waals surface area contributed by atoms with Crippen LogP contribution in [0.1, 0.15) is 50.2 Å². The minimum absolute atomic E-state index is 0. The monoisotopic (exact) mass is 558 g/mol. The van der Waals surface area contributed by atoms with E-state index in [1.165, 1.54) is 37.1 Å². The van der Waals surface area contributed by atoms with E-state index in [-0.39, 0.29) is 24.0 Å². The first-order valence-electron chi connectivity index (χ1n) is 12.0. The predicted octanol–water partition coefficient (Wildman–Crippen LogP) is 4.13. The van der Waals surface area contributed by atoms with Crippen LogP contribution in [0.3, 0.4) is 0 Å². The van der Waals surface area contributed by atoms with E-state index >= 15 is 0 Å². The summed E-state index contributed by atoms with van der Waals surface area (Å²) in [7, 11) is 3.62. The van der Waals surface area contributed by atoms with Crippen molar-refractivity contribution < 1.29 is 9.47 Å². The number of nitrogens with one attached hydrogen (secondary N) is 1. The molecule has 2 aliphatic heterocycles. The lowest BCUT2D eigenvalue weighted by molar-refractivity contribution is 0.00989. The molecule has 1 N–H and O–H groups in total. The SMILES string of the molecule is CN=C(NCc1cccc(CN2CCC(C)CC2)c1)N1CCC(OCCCOC)CC1.I. The largest absolute Gasteiger partial charge is 0.385 e. The average Bonchev–Trinajstić information content (AvgIpc) is 2.80. The highest BCUT2D eigenvalue weighted by molar-refractivity contribution is 14.0. The maximum absolute atomic E-state index is 5.99. The molecule has 0 radical (unpaired) electrons. The maximum atomic E-state index is 5.99. The molecule has 0 aliphatic carbocycles. The molecule has 32 heavy (non-hydrogen) atoms. The minimum Gasteiger partial charge on any atom is -0.385 e. The summed E-state index contributed by atoms with van der Waals surface area (Å²) in [6, 6.07) is 9.00. The molecule has 0 atom stereocenters. The third-order valence-electron chi connectivity index (χ3n) is 6.52. The Bertz CT molecular complexity index is 672. The molecule has 0 bridgehead atoms. The number of hydrogen-bond acceptors (Lipinski definition) is 4. The summed E-state index contributed by atoms with van der Waals surface area (Å²) in [6.07, 6.45) is 6.09. The Morgan fingerprint density at radius 3 is 2.47 bits per heavy atom. The van der Waals surface area contributed by atoms with Crippen LogP contribution in [0.5, 0.6) is 0 Å². The van der Waals surface area contributed by atoms with Crippen molar-refractivity contribution in [2.75, 3.05) is 53.6 Å². The van der Waals surface area contributed by atoms with Crippen LogP contribution in [-0.4, -0.2) is 75.4 Å². The summed E-state index contributed by atoms with van der Waals surface area (Å²) in [5, 5.41) is 3.57. The number of piperidine rings is 2. The molecule has 0 aromatic heterocycles. The van der Waals surface area contributed by atoms with Gasteiger partial charge in [0.15, 0.2) is 5.96 Å². The van der Waals surface area contributed by atoms with Gasteiger partial charge in [-0.2, -0.15) is 0 Å². The molecule has 182 valence electrons. The van der Waals surface area contributed by atoms with Gasteiger partial charge in [-0.25, -0.2) is 0 Å². The van der Waals surface area contributed by atoms with E-state index in [4.69, 9.17) is 9.47 Å². The van der Waals surface area contributed by atoms with E-state index in [9.17, 15) is 0 Å². The molecule has 1 aromatic carbocycles. The predicted molar refractivity (Wildman–Crippen MR) is 143 cm³/mol. The number of hydrogen-bond donors (Lipinski definition) is 1. The van der Waals surface area contributed by atoms with Gasteiger partial charge in [-0.05, 0) is 62.2 Å². The fourth-order valence-electron chi connectivity index (χ4n) is 4.52. The molecule has 2 aliphatic rings. The fourth-order valence-corrected chi connectivity index (χ4v) is 4.52. The van der Waals surface area contributed by atoms with Gasteiger partial charge < -0.3 is 19.7 Å². The smallest absolute Gasteiger partial charge is 0.193 e. The van der Waals surface area contributed by atoms with Crippen LogP contribution in [0.25, 0.3) is 0 Å². The fraction of sp³-hybridized carbons (Fsp3) is 0.720. The van der Waals surface area contributed by atoms with Crippen LogP contribution in [-0.2, 0) is 22.6 Å². The van der Waals surface area contributed by atoms with Gasteiger partial charge in [-0.3, -0.25) is 9.89 Å².